The number of benzene rings is 2. The van der Waals surface area contributed by atoms with Gasteiger partial charge < -0.3 is 25.4 Å². The van der Waals surface area contributed by atoms with Crippen LogP contribution in [0.3, 0.4) is 0 Å². The van der Waals surface area contributed by atoms with Gasteiger partial charge in [0.1, 0.15) is 22.8 Å². The summed E-state index contributed by atoms with van der Waals surface area (Å²) in [5.74, 6) is -0.881. The highest BCUT2D eigenvalue weighted by Crippen LogP contribution is 2.37. The summed E-state index contributed by atoms with van der Waals surface area (Å²) >= 11 is 4.69. The second-order valence-corrected chi connectivity index (χ2v) is 14.3. The summed E-state index contributed by atoms with van der Waals surface area (Å²) in [5.41, 5.74) is 5.63. The Morgan fingerprint density at radius 3 is 2.47 bits per heavy atom. The fourth-order valence-electron chi connectivity index (χ4n) is 6.33. The standard InChI is InChI=1S/C33H34BrFN6O5S/c1-20-27(47-32(34)38-20)31(44)40-14-11-24(25(17-40)21-5-3-2-4-6-21)29(42)39-15-12-33(45,13-16-39)18-41-19-37-28(26(36)30(41)43)46-23-9-7-22(35)8-10-23/h2-10,19,24-25,45H,11-18,36H2,1H3/t24-,25+/m1/s1. The third-order valence-electron chi connectivity index (χ3n) is 8.94. The van der Waals surface area contributed by atoms with Crippen LogP contribution in [-0.4, -0.2) is 73.0 Å². The lowest BCUT2D eigenvalue weighted by Crippen LogP contribution is -2.53. The normalized spacial score (nSPS) is 19.4. The number of aryl methyl sites for hydroxylation is 1. The minimum atomic E-state index is -1.26. The Hall–Kier alpha value is -4.14. The molecule has 2 atom stereocenters. The maximum Gasteiger partial charge on any atom is 0.280 e. The van der Waals surface area contributed by atoms with Crippen molar-refractivity contribution in [3.05, 3.63) is 97.1 Å². The Morgan fingerprint density at radius 2 is 1.81 bits per heavy atom. The number of carbonyl (C=O) groups is 2. The molecule has 14 heteroatoms. The summed E-state index contributed by atoms with van der Waals surface area (Å²) in [6, 6.07) is 15.0. The maximum atomic E-state index is 14.0. The summed E-state index contributed by atoms with van der Waals surface area (Å²) in [5, 5.41) is 11.5. The van der Waals surface area contributed by atoms with Gasteiger partial charge in [-0.2, -0.15) is 0 Å². The van der Waals surface area contributed by atoms with Crippen molar-refractivity contribution < 1.29 is 23.8 Å². The van der Waals surface area contributed by atoms with Gasteiger partial charge in [0, 0.05) is 38.0 Å². The molecule has 47 heavy (non-hydrogen) atoms. The van der Waals surface area contributed by atoms with Crippen LogP contribution in [0, 0.1) is 18.7 Å². The highest BCUT2D eigenvalue weighted by molar-refractivity contribution is 9.11. The van der Waals surface area contributed by atoms with E-state index in [0.717, 1.165) is 5.56 Å². The van der Waals surface area contributed by atoms with E-state index in [4.69, 9.17) is 10.5 Å². The Bertz CT molecular complexity index is 1830. The number of halogens is 2. The van der Waals surface area contributed by atoms with Gasteiger partial charge >= 0.3 is 0 Å². The van der Waals surface area contributed by atoms with Crippen LogP contribution < -0.4 is 16.0 Å². The van der Waals surface area contributed by atoms with Gasteiger partial charge in [-0.25, -0.2) is 14.4 Å². The topological polar surface area (TPSA) is 144 Å². The van der Waals surface area contributed by atoms with Crippen LogP contribution in [0.5, 0.6) is 11.6 Å². The molecule has 2 amide bonds. The number of nitrogens with two attached hydrogens (primary N) is 1. The summed E-state index contributed by atoms with van der Waals surface area (Å²) < 4.78 is 20.7. The number of anilines is 1. The van der Waals surface area contributed by atoms with Gasteiger partial charge in [0.2, 0.25) is 11.8 Å². The van der Waals surface area contributed by atoms with Crippen molar-refractivity contribution in [2.45, 2.75) is 44.2 Å². The number of aliphatic hydroxyl groups is 1. The first kappa shape index (κ1) is 32.8. The predicted octanol–water partition coefficient (Wildman–Crippen LogP) is 4.58. The number of amides is 2. The molecular formula is C33H34BrFN6O5S. The fraction of sp³-hybridized carbons (Fsp3) is 0.364. The van der Waals surface area contributed by atoms with E-state index in [2.05, 4.69) is 25.9 Å². The lowest BCUT2D eigenvalue weighted by Gasteiger charge is -2.43. The monoisotopic (exact) mass is 724 g/mol. The Balaban J connectivity index is 1.12. The summed E-state index contributed by atoms with van der Waals surface area (Å²) in [6.07, 6.45) is 2.28. The molecule has 11 nitrogen and oxygen atoms in total. The van der Waals surface area contributed by atoms with Gasteiger partial charge in [0.25, 0.3) is 11.5 Å². The van der Waals surface area contributed by atoms with E-state index < -0.39 is 17.0 Å². The van der Waals surface area contributed by atoms with E-state index in [1.54, 1.807) is 4.90 Å². The van der Waals surface area contributed by atoms with E-state index in [1.807, 2.05) is 42.2 Å². The number of ether oxygens (including phenoxy) is 1. The zero-order valence-corrected chi connectivity index (χ0v) is 28.0. The Morgan fingerprint density at radius 1 is 1.11 bits per heavy atom. The Labute approximate surface area is 282 Å². The fourth-order valence-corrected chi connectivity index (χ4v) is 7.84. The average molecular weight is 726 g/mol. The van der Waals surface area contributed by atoms with E-state index in [-0.39, 0.29) is 60.4 Å². The number of likely N-dealkylation sites (tertiary alicyclic amines) is 2. The maximum absolute atomic E-state index is 14.0. The number of hydrogen-bond donors (Lipinski definition) is 2. The third kappa shape index (κ3) is 7.09. The van der Waals surface area contributed by atoms with Crippen LogP contribution in [0.15, 0.2) is 69.6 Å². The summed E-state index contributed by atoms with van der Waals surface area (Å²) in [4.78, 5) is 53.2. The van der Waals surface area contributed by atoms with Crippen LogP contribution in [0.25, 0.3) is 0 Å². The molecule has 4 heterocycles. The molecule has 2 saturated heterocycles. The van der Waals surface area contributed by atoms with Crippen molar-refractivity contribution in [3.8, 4) is 11.6 Å². The van der Waals surface area contributed by atoms with Gasteiger partial charge in [-0.1, -0.05) is 30.3 Å². The molecule has 0 bridgehead atoms. The highest BCUT2D eigenvalue weighted by atomic mass is 79.9. The lowest BCUT2D eigenvalue weighted by atomic mass is 9.79. The van der Waals surface area contributed by atoms with Crippen LogP contribution in [0.2, 0.25) is 0 Å². The average Bonchev–Trinajstić information content (AvgIpc) is 3.42. The summed E-state index contributed by atoms with van der Waals surface area (Å²) in [6.45, 7) is 3.25. The van der Waals surface area contributed by atoms with Crippen molar-refractivity contribution in [3.63, 3.8) is 0 Å². The molecule has 3 N–H and O–H groups in total. The highest BCUT2D eigenvalue weighted by Gasteiger charge is 2.42. The molecule has 2 aromatic heterocycles. The largest absolute Gasteiger partial charge is 0.437 e. The van der Waals surface area contributed by atoms with Crippen LogP contribution in [0.4, 0.5) is 10.1 Å². The van der Waals surface area contributed by atoms with Gasteiger partial charge in [-0.05, 0) is 71.9 Å². The molecule has 246 valence electrons. The smallest absolute Gasteiger partial charge is 0.280 e. The van der Waals surface area contributed by atoms with Crippen molar-refractivity contribution in [1.82, 2.24) is 24.3 Å². The SMILES string of the molecule is Cc1nc(Br)sc1C(=O)N1CC[C@@H](C(=O)N2CCC(O)(Cn3cnc(Oc4ccc(F)cc4)c(N)c3=O)CC2)[C@H](c2ccccc2)C1. The predicted molar refractivity (Wildman–Crippen MR) is 178 cm³/mol. The van der Waals surface area contributed by atoms with E-state index >= 15 is 0 Å². The number of aromatic nitrogens is 3. The molecule has 0 radical (unpaired) electrons. The quantitative estimate of drug-likeness (QED) is 0.282. The van der Waals surface area contributed by atoms with Crippen LogP contribution >= 0.6 is 27.3 Å². The number of thiazole rings is 1. The minimum absolute atomic E-state index is 0.00455. The van der Waals surface area contributed by atoms with Crippen molar-refractivity contribution in [1.29, 1.82) is 0 Å². The second kappa shape index (κ2) is 13.5. The molecule has 6 rings (SSSR count). The van der Waals surface area contributed by atoms with Crippen molar-refractivity contribution >= 4 is 44.8 Å². The Kier molecular flexibility index (Phi) is 9.44. The first-order valence-electron chi connectivity index (χ1n) is 15.3. The van der Waals surface area contributed by atoms with Crippen molar-refractivity contribution in [2.24, 2.45) is 5.92 Å². The molecule has 2 fully saturated rings. The lowest BCUT2D eigenvalue weighted by molar-refractivity contribution is -0.142. The van der Waals surface area contributed by atoms with E-state index in [9.17, 15) is 23.9 Å². The van der Waals surface area contributed by atoms with Gasteiger partial charge in [0.15, 0.2) is 9.60 Å². The molecule has 0 saturated carbocycles. The van der Waals surface area contributed by atoms with Gasteiger partial charge in [0.05, 0.1) is 17.8 Å². The van der Waals surface area contributed by atoms with Crippen molar-refractivity contribution in [2.75, 3.05) is 31.9 Å². The van der Waals surface area contributed by atoms with Gasteiger partial charge in [-0.15, -0.1) is 11.3 Å². The summed E-state index contributed by atoms with van der Waals surface area (Å²) in [7, 11) is 0. The number of hydrogen-bond acceptors (Lipinski definition) is 9. The number of carbonyl (C=O) groups excluding carboxylic acids is 2. The molecule has 4 aromatic rings. The zero-order valence-electron chi connectivity index (χ0n) is 25.6. The number of rotatable bonds is 7. The first-order chi connectivity index (χ1) is 22.5. The molecule has 0 spiro atoms. The molecule has 2 aliphatic heterocycles. The van der Waals surface area contributed by atoms with Crippen LogP contribution in [0.1, 0.15) is 46.1 Å². The molecule has 2 aromatic carbocycles. The second-order valence-electron chi connectivity index (χ2n) is 12.0. The minimum Gasteiger partial charge on any atom is -0.437 e. The zero-order chi connectivity index (χ0) is 33.3. The third-order valence-corrected chi connectivity index (χ3v) is 10.5. The number of piperidine rings is 2. The molecule has 0 aliphatic carbocycles. The first-order valence-corrected chi connectivity index (χ1v) is 16.9. The van der Waals surface area contributed by atoms with Crippen LogP contribution in [-0.2, 0) is 11.3 Å². The molecule has 0 unspecified atom stereocenters. The van der Waals surface area contributed by atoms with E-state index in [0.29, 0.717) is 47.1 Å². The van der Waals surface area contributed by atoms with E-state index in [1.165, 1.54) is 46.5 Å². The van der Waals surface area contributed by atoms with Gasteiger partial charge in [-0.3, -0.25) is 19.0 Å². The molecular weight excluding hydrogens is 691 g/mol. The number of nitrogens with zero attached hydrogens (tertiary/aromatic N) is 5. The number of nitrogen functional groups attached to an aromatic ring is 1. The molecule has 2 aliphatic rings.